The molecule has 0 aromatic heterocycles. The zero-order valence-electron chi connectivity index (χ0n) is 19.1. The van der Waals surface area contributed by atoms with Crippen LogP contribution in [0.1, 0.15) is 24.1 Å². The number of nitrogens with one attached hydrogen (secondary N) is 1. The van der Waals surface area contributed by atoms with Gasteiger partial charge in [-0.2, -0.15) is 0 Å². The number of halogens is 1. The predicted octanol–water partition coefficient (Wildman–Crippen LogP) is 5.66. The SMILES string of the molecule is C[C@@H](c1ccccc1)N1C(=O)/C(=C2/C(=O)N(CC(=O)Nc3ccccc3Cl)c3ccccc32)SC1=S. The molecule has 3 aromatic carbocycles. The van der Waals surface area contributed by atoms with Crippen molar-refractivity contribution in [3.05, 3.63) is 99.9 Å². The van der Waals surface area contributed by atoms with Gasteiger partial charge in [0.2, 0.25) is 5.91 Å². The first-order chi connectivity index (χ1) is 17.4. The fraction of sp³-hybridized carbons (Fsp3) is 0.111. The molecule has 3 aromatic rings. The Morgan fingerprint density at radius 1 is 0.972 bits per heavy atom. The first-order valence-corrected chi connectivity index (χ1v) is 12.8. The number of nitrogens with zero attached hydrogens (tertiary/aromatic N) is 2. The van der Waals surface area contributed by atoms with Gasteiger partial charge in [0, 0.05) is 5.56 Å². The molecule has 1 fully saturated rings. The highest BCUT2D eigenvalue weighted by atomic mass is 35.5. The summed E-state index contributed by atoms with van der Waals surface area (Å²) in [6, 6.07) is 23.3. The molecule has 2 heterocycles. The minimum absolute atomic E-state index is 0.231. The van der Waals surface area contributed by atoms with Crippen LogP contribution in [0.3, 0.4) is 0 Å². The number of para-hydroxylation sites is 2. The lowest BCUT2D eigenvalue weighted by Gasteiger charge is -2.23. The maximum Gasteiger partial charge on any atom is 0.267 e. The Hall–Kier alpha value is -3.46. The Bertz CT molecular complexity index is 1440. The molecule has 5 rings (SSSR count). The largest absolute Gasteiger partial charge is 0.323 e. The second kappa shape index (κ2) is 9.89. The monoisotopic (exact) mass is 533 g/mol. The minimum atomic E-state index is -0.418. The Morgan fingerprint density at radius 2 is 1.64 bits per heavy atom. The van der Waals surface area contributed by atoms with Crippen molar-refractivity contribution in [2.24, 2.45) is 0 Å². The van der Waals surface area contributed by atoms with Crippen LogP contribution in [0, 0.1) is 0 Å². The van der Waals surface area contributed by atoms with Gasteiger partial charge in [-0.05, 0) is 30.7 Å². The topological polar surface area (TPSA) is 69.7 Å². The first-order valence-electron chi connectivity index (χ1n) is 11.2. The van der Waals surface area contributed by atoms with Crippen molar-refractivity contribution < 1.29 is 14.4 Å². The summed E-state index contributed by atoms with van der Waals surface area (Å²) in [6.45, 7) is 1.68. The number of fused-ring (bicyclic) bond motifs is 1. The number of hydrogen-bond acceptors (Lipinski definition) is 5. The van der Waals surface area contributed by atoms with Gasteiger partial charge < -0.3 is 5.32 Å². The van der Waals surface area contributed by atoms with E-state index in [1.54, 1.807) is 53.4 Å². The summed E-state index contributed by atoms with van der Waals surface area (Å²) in [5.74, 6) is -1.14. The van der Waals surface area contributed by atoms with Crippen molar-refractivity contribution >= 4 is 74.6 Å². The lowest BCUT2D eigenvalue weighted by Crippen LogP contribution is -2.35. The molecular weight excluding hydrogens is 514 g/mol. The molecule has 3 amide bonds. The van der Waals surface area contributed by atoms with E-state index in [0.29, 0.717) is 26.3 Å². The Morgan fingerprint density at radius 3 is 2.39 bits per heavy atom. The molecule has 36 heavy (non-hydrogen) atoms. The summed E-state index contributed by atoms with van der Waals surface area (Å²) in [4.78, 5) is 43.2. The van der Waals surface area contributed by atoms with Crippen molar-refractivity contribution in [2.75, 3.05) is 16.8 Å². The zero-order chi connectivity index (χ0) is 25.4. The number of amides is 3. The number of thioether (sulfide) groups is 1. The number of carbonyl (C=O) groups is 3. The quantitative estimate of drug-likeness (QED) is 0.338. The third-order valence-electron chi connectivity index (χ3n) is 6.07. The van der Waals surface area contributed by atoms with Gasteiger partial charge in [-0.1, -0.05) is 96.2 Å². The molecule has 0 saturated carbocycles. The lowest BCUT2D eigenvalue weighted by molar-refractivity contribution is -0.123. The fourth-order valence-corrected chi connectivity index (χ4v) is 5.97. The lowest BCUT2D eigenvalue weighted by atomic mass is 10.1. The predicted molar refractivity (Wildman–Crippen MR) is 148 cm³/mol. The maximum atomic E-state index is 13.6. The number of anilines is 2. The average Bonchev–Trinajstić information content (AvgIpc) is 3.32. The molecule has 0 aliphatic carbocycles. The van der Waals surface area contributed by atoms with Gasteiger partial charge in [0.05, 0.1) is 32.9 Å². The van der Waals surface area contributed by atoms with Crippen molar-refractivity contribution in [3.8, 4) is 0 Å². The van der Waals surface area contributed by atoms with Gasteiger partial charge in [-0.15, -0.1) is 0 Å². The van der Waals surface area contributed by atoms with Gasteiger partial charge in [0.15, 0.2) is 0 Å². The van der Waals surface area contributed by atoms with Crippen molar-refractivity contribution in [3.63, 3.8) is 0 Å². The van der Waals surface area contributed by atoms with Gasteiger partial charge in [-0.25, -0.2) is 0 Å². The van der Waals surface area contributed by atoms with Crippen LogP contribution in [0.4, 0.5) is 11.4 Å². The molecule has 2 aliphatic heterocycles. The molecule has 1 atom stereocenters. The fourth-order valence-electron chi connectivity index (χ4n) is 4.30. The van der Waals surface area contributed by atoms with Crippen LogP contribution >= 0.6 is 35.6 Å². The summed E-state index contributed by atoms with van der Waals surface area (Å²) in [5, 5.41) is 3.15. The second-order valence-electron chi connectivity index (χ2n) is 8.27. The van der Waals surface area contributed by atoms with Gasteiger partial charge in [0.1, 0.15) is 10.9 Å². The van der Waals surface area contributed by atoms with Crippen molar-refractivity contribution in [1.29, 1.82) is 0 Å². The number of carbonyl (C=O) groups excluding carboxylic acids is 3. The van der Waals surface area contributed by atoms with Crippen LogP contribution in [0.25, 0.3) is 5.57 Å². The molecule has 180 valence electrons. The smallest absolute Gasteiger partial charge is 0.267 e. The minimum Gasteiger partial charge on any atom is -0.323 e. The molecule has 6 nitrogen and oxygen atoms in total. The average molecular weight is 534 g/mol. The Labute approximate surface area is 222 Å². The van der Waals surface area contributed by atoms with Crippen LogP contribution in [0.5, 0.6) is 0 Å². The number of rotatable bonds is 5. The molecule has 1 saturated heterocycles. The van der Waals surface area contributed by atoms with E-state index in [2.05, 4.69) is 5.32 Å². The maximum absolute atomic E-state index is 13.6. The second-order valence-corrected chi connectivity index (χ2v) is 10.3. The summed E-state index contributed by atoms with van der Waals surface area (Å²) in [7, 11) is 0. The van der Waals surface area contributed by atoms with E-state index >= 15 is 0 Å². The van der Waals surface area contributed by atoms with Crippen LogP contribution in [0.2, 0.25) is 5.02 Å². The van der Waals surface area contributed by atoms with Crippen LogP contribution in [0.15, 0.2) is 83.8 Å². The first kappa shape index (κ1) is 24.2. The number of benzene rings is 3. The highest BCUT2D eigenvalue weighted by Gasteiger charge is 2.43. The van der Waals surface area contributed by atoms with Gasteiger partial charge in [0.25, 0.3) is 11.8 Å². The zero-order valence-corrected chi connectivity index (χ0v) is 21.5. The molecular formula is C27H20ClN3O3S2. The summed E-state index contributed by atoms with van der Waals surface area (Å²) in [6.07, 6.45) is 0. The molecule has 9 heteroatoms. The van der Waals surface area contributed by atoms with Crippen LogP contribution < -0.4 is 10.2 Å². The molecule has 0 unspecified atom stereocenters. The molecule has 2 aliphatic rings. The van der Waals surface area contributed by atoms with E-state index in [1.807, 2.05) is 37.3 Å². The molecule has 0 spiro atoms. The van der Waals surface area contributed by atoms with Gasteiger partial charge >= 0.3 is 0 Å². The van der Waals surface area contributed by atoms with Crippen molar-refractivity contribution in [2.45, 2.75) is 13.0 Å². The number of thiocarbonyl (C=S) groups is 1. The van der Waals surface area contributed by atoms with Gasteiger partial charge in [-0.3, -0.25) is 24.2 Å². The standard InChI is InChI=1S/C27H20ClN3O3S2/c1-16(17-9-3-2-4-10-17)31-26(34)24(36-27(31)35)23-18-11-5-8-14-21(18)30(25(23)33)15-22(32)29-20-13-7-6-12-19(20)28/h2-14,16H,15H2,1H3,(H,29,32)/b24-23-/t16-/m0/s1. The van der Waals surface area contributed by atoms with E-state index in [4.69, 9.17) is 23.8 Å². The third-order valence-corrected chi connectivity index (χ3v) is 7.80. The summed E-state index contributed by atoms with van der Waals surface area (Å²) in [5.41, 5.74) is 2.82. The van der Waals surface area contributed by atoms with Crippen LogP contribution in [-0.2, 0) is 14.4 Å². The normalized spacial score (nSPS) is 18.0. The number of hydrogen-bond donors (Lipinski definition) is 1. The highest BCUT2D eigenvalue weighted by Crippen LogP contribution is 2.46. The van der Waals surface area contributed by atoms with E-state index in [1.165, 1.54) is 4.90 Å². The van der Waals surface area contributed by atoms with Crippen LogP contribution in [-0.4, -0.2) is 33.5 Å². The Balaban J connectivity index is 1.46. The van der Waals surface area contributed by atoms with E-state index in [-0.39, 0.29) is 29.0 Å². The molecule has 1 N–H and O–H groups in total. The highest BCUT2D eigenvalue weighted by molar-refractivity contribution is 8.26. The molecule has 0 radical (unpaired) electrons. The summed E-state index contributed by atoms with van der Waals surface area (Å²) >= 11 is 12.8. The van der Waals surface area contributed by atoms with Crippen molar-refractivity contribution in [1.82, 2.24) is 4.90 Å². The Kier molecular flexibility index (Phi) is 6.66. The van der Waals surface area contributed by atoms with E-state index in [0.717, 1.165) is 17.3 Å². The molecule has 0 bridgehead atoms. The third kappa shape index (κ3) is 4.32. The van der Waals surface area contributed by atoms with E-state index in [9.17, 15) is 14.4 Å². The summed E-state index contributed by atoms with van der Waals surface area (Å²) < 4.78 is 0.388. The van der Waals surface area contributed by atoms with E-state index < -0.39 is 11.8 Å².